The van der Waals surface area contributed by atoms with E-state index in [0.717, 1.165) is 10.5 Å². The van der Waals surface area contributed by atoms with Crippen LogP contribution in [0.4, 0.5) is 0 Å². The first-order valence-electron chi connectivity index (χ1n) is 11.3. The van der Waals surface area contributed by atoms with Crippen LogP contribution in [0.5, 0.6) is 0 Å². The van der Waals surface area contributed by atoms with Gasteiger partial charge in [-0.05, 0) is 68.6 Å². The van der Waals surface area contributed by atoms with Crippen LogP contribution in [-0.4, -0.2) is 56.4 Å². The zero-order valence-electron chi connectivity index (χ0n) is 22.2. The monoisotopic (exact) mass is 448 g/mol. The Hall–Kier alpha value is 0.531. The average Bonchev–Trinajstić information content (AvgIpc) is 2.41. The fourth-order valence-corrected chi connectivity index (χ4v) is 16.3. The van der Waals surface area contributed by atoms with Gasteiger partial charge in [0.2, 0.25) is 0 Å². The summed E-state index contributed by atoms with van der Waals surface area (Å²) in [5.74, 6) is 0. The molecular weight excluding hydrogens is 395 g/mol. The Bertz CT molecular complexity index is 463. The van der Waals surface area contributed by atoms with Gasteiger partial charge in [0.25, 0.3) is 0 Å². The molecule has 1 unspecified atom stereocenters. The molecule has 0 saturated heterocycles. The van der Waals surface area contributed by atoms with Crippen molar-refractivity contribution in [2.24, 2.45) is 0 Å². The predicted octanol–water partition coefficient (Wildman–Crippen LogP) is 7.37. The third-order valence-electron chi connectivity index (χ3n) is 7.70. The van der Waals surface area contributed by atoms with E-state index < -0.39 is 25.2 Å². The molecule has 0 heterocycles. The second-order valence-corrected chi connectivity index (χ2v) is 26.2. The summed E-state index contributed by atoms with van der Waals surface area (Å²) in [6.45, 7) is 31.8. The van der Waals surface area contributed by atoms with Gasteiger partial charge in [0.1, 0.15) is 0 Å². The molecule has 1 atom stereocenters. The molecule has 0 aromatic carbocycles. The minimum absolute atomic E-state index is 0.212. The van der Waals surface area contributed by atoms with Crippen molar-refractivity contribution in [1.82, 2.24) is 0 Å². The highest BCUT2D eigenvalue weighted by Crippen LogP contribution is 2.43. The molecule has 0 N–H and O–H groups in total. The molecular formula is C22H54NO2Si3+. The molecule has 3 nitrogen and oxygen atoms in total. The number of nitrogens with zero attached hydrogens (tertiary/aromatic N) is 1. The van der Waals surface area contributed by atoms with Gasteiger partial charge in [0.15, 0.2) is 16.6 Å². The SMILES string of the molecule is CCC(C)[N+](C)(C)CCC[Si](C)(O[Si](C)(C)C(C)(C)C)O[Si](C)(C)C(C)(C)C. The van der Waals surface area contributed by atoms with Crippen LogP contribution in [0.15, 0.2) is 0 Å². The Morgan fingerprint density at radius 3 is 1.43 bits per heavy atom. The molecule has 0 aromatic rings. The van der Waals surface area contributed by atoms with E-state index in [0.29, 0.717) is 6.04 Å². The summed E-state index contributed by atoms with van der Waals surface area (Å²) in [5, 5.41) is 0.425. The van der Waals surface area contributed by atoms with Crippen LogP contribution in [-0.2, 0) is 8.23 Å². The van der Waals surface area contributed by atoms with Crippen molar-refractivity contribution < 1.29 is 12.7 Å². The van der Waals surface area contributed by atoms with E-state index in [-0.39, 0.29) is 10.1 Å². The van der Waals surface area contributed by atoms with E-state index in [2.05, 4.69) is 102 Å². The first kappa shape index (κ1) is 28.5. The van der Waals surface area contributed by atoms with Gasteiger partial charge in [-0.25, -0.2) is 0 Å². The third-order valence-corrected chi connectivity index (χ3v) is 23.7. The summed E-state index contributed by atoms with van der Waals surface area (Å²) in [7, 11) is -1.27. The van der Waals surface area contributed by atoms with Gasteiger partial charge in [0, 0.05) is 0 Å². The molecule has 0 aromatic heterocycles. The van der Waals surface area contributed by atoms with Gasteiger partial charge in [-0.3, -0.25) is 0 Å². The van der Waals surface area contributed by atoms with Crippen molar-refractivity contribution in [3.05, 3.63) is 0 Å². The van der Waals surface area contributed by atoms with E-state index in [1.807, 2.05) is 0 Å². The smallest absolute Gasteiger partial charge is 0.314 e. The molecule has 6 heteroatoms. The molecule has 0 radical (unpaired) electrons. The topological polar surface area (TPSA) is 18.5 Å². The second-order valence-electron chi connectivity index (χ2n) is 12.7. The number of quaternary nitrogens is 1. The Kier molecular flexibility index (Phi) is 9.52. The summed E-state index contributed by atoms with van der Waals surface area (Å²) in [6, 6.07) is 1.79. The Labute approximate surface area is 181 Å². The van der Waals surface area contributed by atoms with Crippen molar-refractivity contribution in [1.29, 1.82) is 0 Å². The molecule has 0 spiro atoms. The van der Waals surface area contributed by atoms with Crippen molar-refractivity contribution in [3.8, 4) is 0 Å². The third kappa shape index (κ3) is 7.99. The predicted molar refractivity (Wildman–Crippen MR) is 134 cm³/mol. The van der Waals surface area contributed by atoms with Crippen LogP contribution in [0.1, 0.15) is 68.2 Å². The molecule has 0 bridgehead atoms. The first-order valence-corrected chi connectivity index (χ1v) is 19.7. The van der Waals surface area contributed by atoms with Gasteiger partial charge in [-0.2, -0.15) is 0 Å². The molecule has 0 aliphatic rings. The summed E-state index contributed by atoms with van der Waals surface area (Å²) in [6.07, 6.45) is 2.41. The van der Waals surface area contributed by atoms with E-state index in [4.69, 9.17) is 8.23 Å². The maximum Gasteiger partial charge on any atom is 0.314 e. The van der Waals surface area contributed by atoms with Crippen molar-refractivity contribution in [2.75, 3.05) is 20.6 Å². The van der Waals surface area contributed by atoms with Crippen LogP contribution < -0.4 is 0 Å². The summed E-state index contributed by atoms with van der Waals surface area (Å²) >= 11 is 0. The number of rotatable bonds is 10. The molecule has 28 heavy (non-hydrogen) atoms. The summed E-state index contributed by atoms with van der Waals surface area (Å²) in [5.41, 5.74) is 0. The van der Waals surface area contributed by atoms with E-state index in [9.17, 15) is 0 Å². The van der Waals surface area contributed by atoms with Gasteiger partial charge in [-0.15, -0.1) is 0 Å². The van der Waals surface area contributed by atoms with Crippen molar-refractivity contribution >= 4 is 25.2 Å². The molecule has 0 aliphatic carbocycles. The molecule has 0 rings (SSSR count). The second kappa shape index (κ2) is 9.35. The summed E-state index contributed by atoms with van der Waals surface area (Å²) in [4.78, 5) is 0. The van der Waals surface area contributed by atoms with Crippen molar-refractivity contribution in [3.63, 3.8) is 0 Å². The van der Waals surface area contributed by atoms with Crippen molar-refractivity contribution in [2.45, 2.75) is 123 Å². The van der Waals surface area contributed by atoms with E-state index >= 15 is 0 Å². The summed E-state index contributed by atoms with van der Waals surface area (Å²) < 4.78 is 15.3. The normalized spacial score (nSPS) is 16.4. The molecule has 170 valence electrons. The quantitative estimate of drug-likeness (QED) is 0.256. The molecule has 0 fully saturated rings. The maximum atomic E-state index is 7.11. The molecule has 0 saturated carbocycles. The fraction of sp³-hybridized carbons (Fsp3) is 1.00. The Morgan fingerprint density at radius 2 is 1.14 bits per heavy atom. The highest BCUT2D eigenvalue weighted by molar-refractivity contribution is 6.89. The fourth-order valence-electron chi connectivity index (χ4n) is 3.03. The molecule has 0 aliphatic heterocycles. The zero-order valence-corrected chi connectivity index (χ0v) is 25.2. The van der Waals surface area contributed by atoms with Crippen LogP contribution in [0, 0.1) is 0 Å². The first-order chi connectivity index (χ1) is 12.1. The number of hydrogen-bond acceptors (Lipinski definition) is 2. The van der Waals surface area contributed by atoms with Gasteiger partial charge in [0.05, 0.1) is 26.7 Å². The Balaban J connectivity index is 5.58. The van der Waals surface area contributed by atoms with Crippen LogP contribution >= 0.6 is 0 Å². The highest BCUT2D eigenvalue weighted by atomic mass is 28.5. The minimum atomic E-state index is -2.27. The standard InChI is InChI=1S/C22H54NO2Si3/c1-16-20(2)23(9,10)18-17-19-28(15,24-26(11,12)21(3,4)5)25-27(13,14)22(6,7)8/h20H,16-19H2,1-15H3/q+1. The van der Waals surface area contributed by atoms with Gasteiger partial charge < -0.3 is 12.7 Å². The lowest BCUT2D eigenvalue weighted by molar-refractivity contribution is -0.913. The molecule has 0 amide bonds. The average molecular weight is 449 g/mol. The van der Waals surface area contributed by atoms with Gasteiger partial charge in [-0.1, -0.05) is 48.5 Å². The van der Waals surface area contributed by atoms with Crippen LogP contribution in [0.25, 0.3) is 0 Å². The van der Waals surface area contributed by atoms with E-state index in [1.54, 1.807) is 0 Å². The highest BCUT2D eigenvalue weighted by Gasteiger charge is 2.50. The van der Waals surface area contributed by atoms with Crippen LogP contribution in [0.3, 0.4) is 0 Å². The Morgan fingerprint density at radius 1 is 0.786 bits per heavy atom. The van der Waals surface area contributed by atoms with Crippen LogP contribution in [0.2, 0.25) is 48.9 Å². The lowest BCUT2D eigenvalue weighted by atomic mass is 10.2. The van der Waals surface area contributed by atoms with Gasteiger partial charge >= 0.3 is 8.56 Å². The largest absolute Gasteiger partial charge is 0.436 e. The van der Waals surface area contributed by atoms with E-state index in [1.165, 1.54) is 19.4 Å². The lowest BCUT2D eigenvalue weighted by Gasteiger charge is -2.48. The minimum Gasteiger partial charge on any atom is -0.436 e. The lowest BCUT2D eigenvalue weighted by Crippen LogP contribution is -2.59. The number of hydrogen-bond donors (Lipinski definition) is 0. The zero-order chi connectivity index (χ0) is 22.8. The maximum absolute atomic E-state index is 7.11.